The third kappa shape index (κ3) is 14.2. The molecule has 0 bridgehead atoms. The maximum Gasteiger partial charge on any atom is 0.0366 e. The van der Waals surface area contributed by atoms with Gasteiger partial charge in [-0.05, 0) is 165 Å². The van der Waals surface area contributed by atoms with E-state index in [9.17, 15) is 0 Å². The first-order valence-electron chi connectivity index (χ1n) is 28.3. The van der Waals surface area contributed by atoms with Gasteiger partial charge in [-0.25, -0.2) is 0 Å². The first kappa shape index (κ1) is 56.5. The number of rotatable bonds is 26. The number of unbranched alkanes of at least 4 members (excludes halogenated alkanes) is 4. The molecule has 7 aromatic rings. The molecule has 0 aliphatic heterocycles. The Bertz CT molecular complexity index is 2580. The number of benzene rings is 7. The van der Waals surface area contributed by atoms with Crippen molar-refractivity contribution >= 4 is 56.4 Å². The summed E-state index contributed by atoms with van der Waals surface area (Å²) in [5.74, 6) is 0. The van der Waals surface area contributed by atoms with E-state index in [2.05, 4.69) is 283 Å². The third-order valence-electron chi connectivity index (χ3n) is 14.8. The van der Waals surface area contributed by atoms with Crippen molar-refractivity contribution in [2.75, 3.05) is 112 Å². The third-order valence-corrected chi connectivity index (χ3v) is 14.8. The first-order valence-corrected chi connectivity index (χ1v) is 28.3. The van der Waals surface area contributed by atoms with E-state index in [-0.39, 0.29) is 0 Å². The molecule has 398 valence electrons. The van der Waals surface area contributed by atoms with Gasteiger partial charge in [-0.3, -0.25) is 0 Å². The summed E-state index contributed by atoms with van der Waals surface area (Å²) in [6.07, 6.45) is 9.44. The van der Waals surface area contributed by atoms with Crippen LogP contribution in [-0.2, 0) is 0 Å². The molecular weight excluding hydrogens is 925 g/mol. The topological polar surface area (TPSA) is 19.4 Å². The molecule has 76 heavy (non-hydrogen) atoms. The van der Waals surface area contributed by atoms with Gasteiger partial charge in [0.05, 0.1) is 0 Å². The predicted molar refractivity (Wildman–Crippen MR) is 336 cm³/mol. The zero-order valence-electron chi connectivity index (χ0n) is 48.3. The van der Waals surface area contributed by atoms with Crippen LogP contribution in [0.25, 0.3) is 22.3 Å². The lowest BCUT2D eigenvalue weighted by atomic mass is 9.83. The predicted octanol–water partition coefficient (Wildman–Crippen LogP) is 16.8. The van der Waals surface area contributed by atoms with Gasteiger partial charge in [0.1, 0.15) is 0 Å². The molecule has 7 rings (SSSR count). The first-order chi connectivity index (χ1) is 36.8. The summed E-state index contributed by atoms with van der Waals surface area (Å²) in [5.41, 5.74) is 21.5. The number of anilines is 6. The van der Waals surface area contributed by atoms with Crippen LogP contribution in [0.1, 0.15) is 124 Å². The van der Waals surface area contributed by atoms with Gasteiger partial charge in [0, 0.05) is 117 Å². The SMILES string of the molecule is CCCCN(CCCC)c1ccc(C(=C(c2ccc(N(C)C)cc2)c2ccc(N(C)C)cc2)c2ccc(C(=C(c3ccc(N(C)C)cc3)c3ccc(N(C)C)cc3)c3ccc(N(CCCC)CCCC)cc3)cc2)cc1. The molecular formula is C70H88N6. The smallest absolute Gasteiger partial charge is 0.0366 e. The molecule has 0 heterocycles. The van der Waals surface area contributed by atoms with Crippen LogP contribution in [0.15, 0.2) is 170 Å². The molecule has 0 radical (unpaired) electrons. The van der Waals surface area contributed by atoms with Gasteiger partial charge in [0.15, 0.2) is 0 Å². The molecule has 6 heteroatoms. The Morgan fingerprint density at radius 1 is 0.224 bits per heavy atom. The zero-order valence-corrected chi connectivity index (χ0v) is 48.3. The molecule has 0 spiro atoms. The molecule has 0 atom stereocenters. The van der Waals surface area contributed by atoms with E-state index in [1.165, 1.54) is 141 Å². The fourth-order valence-electron chi connectivity index (χ4n) is 10.1. The van der Waals surface area contributed by atoms with E-state index in [4.69, 9.17) is 0 Å². The molecule has 0 unspecified atom stereocenters. The van der Waals surface area contributed by atoms with Crippen molar-refractivity contribution in [3.8, 4) is 0 Å². The monoisotopic (exact) mass is 1010 g/mol. The average molecular weight is 1010 g/mol. The number of nitrogens with zero attached hydrogens (tertiary/aromatic N) is 6. The minimum Gasteiger partial charge on any atom is -0.378 e. The minimum absolute atomic E-state index is 1.07. The molecule has 0 amide bonds. The number of hydrogen-bond acceptors (Lipinski definition) is 6. The van der Waals surface area contributed by atoms with E-state index in [0.29, 0.717) is 0 Å². The molecule has 6 nitrogen and oxygen atoms in total. The summed E-state index contributed by atoms with van der Waals surface area (Å²) in [7, 11) is 16.9. The van der Waals surface area contributed by atoms with E-state index >= 15 is 0 Å². The minimum atomic E-state index is 1.07. The molecule has 0 aromatic heterocycles. The van der Waals surface area contributed by atoms with E-state index in [0.717, 1.165) is 37.3 Å². The molecule has 0 aliphatic rings. The van der Waals surface area contributed by atoms with Crippen molar-refractivity contribution in [1.29, 1.82) is 0 Å². The van der Waals surface area contributed by atoms with Crippen LogP contribution >= 0.6 is 0 Å². The van der Waals surface area contributed by atoms with Crippen molar-refractivity contribution in [2.24, 2.45) is 0 Å². The molecule has 7 aromatic carbocycles. The Kier molecular flexibility index (Phi) is 20.5. The molecule has 0 saturated carbocycles. The highest BCUT2D eigenvalue weighted by molar-refractivity contribution is 6.07. The second kappa shape index (κ2) is 27.6. The Balaban J connectivity index is 1.51. The van der Waals surface area contributed by atoms with Gasteiger partial charge in [-0.1, -0.05) is 150 Å². The Labute approximate surface area is 459 Å². The highest BCUT2D eigenvalue weighted by Gasteiger charge is 2.22. The van der Waals surface area contributed by atoms with Gasteiger partial charge in [-0.15, -0.1) is 0 Å². The van der Waals surface area contributed by atoms with Crippen LogP contribution in [0.4, 0.5) is 34.1 Å². The second-order valence-corrected chi connectivity index (χ2v) is 21.3. The second-order valence-electron chi connectivity index (χ2n) is 21.3. The van der Waals surface area contributed by atoms with Gasteiger partial charge in [0.25, 0.3) is 0 Å². The van der Waals surface area contributed by atoms with Crippen LogP contribution in [0.5, 0.6) is 0 Å². The maximum absolute atomic E-state index is 2.59. The van der Waals surface area contributed by atoms with Gasteiger partial charge < -0.3 is 29.4 Å². The molecule has 0 fully saturated rings. The summed E-state index contributed by atoms with van der Waals surface area (Å²) in [6, 6.07) is 64.9. The van der Waals surface area contributed by atoms with Crippen molar-refractivity contribution in [2.45, 2.75) is 79.1 Å². The summed E-state index contributed by atoms with van der Waals surface area (Å²) in [5, 5.41) is 0. The molecule has 0 aliphatic carbocycles. The number of hydrogen-bond donors (Lipinski definition) is 0. The lowest BCUT2D eigenvalue weighted by Crippen LogP contribution is -2.25. The largest absolute Gasteiger partial charge is 0.378 e. The zero-order chi connectivity index (χ0) is 54.1. The van der Waals surface area contributed by atoms with Crippen LogP contribution < -0.4 is 29.4 Å². The van der Waals surface area contributed by atoms with Crippen molar-refractivity contribution in [3.63, 3.8) is 0 Å². The fraction of sp³-hybridized carbons (Fsp3) is 0.343. The van der Waals surface area contributed by atoms with Crippen LogP contribution in [-0.4, -0.2) is 82.6 Å². The standard InChI is InChI=1S/C70H88N6/c1-13-17-49-75(50-18-14-2)65-45-33-59(34-46-65)67(69(55-25-37-61(38-26-55)71(5)6)56-27-39-62(40-28-56)72(7)8)53-21-23-54(24-22-53)68(60-35-47-66(48-36-60)76(51-19-15-3)52-20-16-4)70(57-29-41-63(42-30-57)73(9)10)58-31-43-64(44-32-58)74(11)12/h21-48H,13-20,49-52H2,1-12H3. The summed E-state index contributed by atoms with van der Waals surface area (Å²) < 4.78 is 0. The lowest BCUT2D eigenvalue weighted by Gasteiger charge is -2.26. The summed E-state index contributed by atoms with van der Waals surface area (Å²) in [4.78, 5) is 13.9. The highest BCUT2D eigenvalue weighted by atomic mass is 15.1. The van der Waals surface area contributed by atoms with Gasteiger partial charge in [-0.2, -0.15) is 0 Å². The van der Waals surface area contributed by atoms with Crippen LogP contribution in [0.3, 0.4) is 0 Å². The van der Waals surface area contributed by atoms with Gasteiger partial charge >= 0.3 is 0 Å². The van der Waals surface area contributed by atoms with E-state index in [1.54, 1.807) is 0 Å². The Morgan fingerprint density at radius 3 is 0.513 bits per heavy atom. The van der Waals surface area contributed by atoms with Crippen LogP contribution in [0, 0.1) is 0 Å². The Hall–Kier alpha value is -7.18. The average Bonchev–Trinajstić information content (AvgIpc) is 3.46. The quantitative estimate of drug-likeness (QED) is 0.0500. The van der Waals surface area contributed by atoms with Gasteiger partial charge in [0.2, 0.25) is 0 Å². The highest BCUT2D eigenvalue weighted by Crippen LogP contribution is 2.42. The Morgan fingerprint density at radius 2 is 0.368 bits per heavy atom. The molecule has 0 N–H and O–H groups in total. The van der Waals surface area contributed by atoms with E-state index in [1.807, 2.05) is 0 Å². The van der Waals surface area contributed by atoms with Crippen molar-refractivity contribution in [1.82, 2.24) is 0 Å². The molecule has 0 saturated heterocycles. The van der Waals surface area contributed by atoms with Crippen LogP contribution in [0.2, 0.25) is 0 Å². The van der Waals surface area contributed by atoms with E-state index < -0.39 is 0 Å². The van der Waals surface area contributed by atoms with Crippen molar-refractivity contribution in [3.05, 3.63) is 214 Å². The maximum atomic E-state index is 2.59. The fourth-order valence-corrected chi connectivity index (χ4v) is 10.1. The summed E-state index contributed by atoms with van der Waals surface area (Å²) >= 11 is 0. The summed E-state index contributed by atoms with van der Waals surface area (Å²) in [6.45, 7) is 13.4. The lowest BCUT2D eigenvalue weighted by molar-refractivity contribution is 0.678. The van der Waals surface area contributed by atoms with Crippen molar-refractivity contribution < 1.29 is 0 Å². The normalized spacial score (nSPS) is 11.0.